The second-order valence-electron chi connectivity index (χ2n) is 4.13. The summed E-state index contributed by atoms with van der Waals surface area (Å²) in [5.41, 5.74) is 0. The van der Waals surface area contributed by atoms with E-state index in [2.05, 4.69) is 5.32 Å². The zero-order chi connectivity index (χ0) is 12.7. The largest absolute Gasteiger partial charge is 0.481 e. The third-order valence-electron chi connectivity index (χ3n) is 2.77. The Balaban J connectivity index is 4.09. The first-order chi connectivity index (χ1) is 7.40. The maximum Gasteiger partial charge on any atom is 0.307 e. The van der Waals surface area contributed by atoms with Crippen molar-refractivity contribution in [2.45, 2.75) is 33.2 Å². The van der Waals surface area contributed by atoms with Crippen LogP contribution < -0.4 is 5.32 Å². The molecule has 5 nitrogen and oxygen atoms in total. The smallest absolute Gasteiger partial charge is 0.307 e. The van der Waals surface area contributed by atoms with Crippen LogP contribution in [0.25, 0.3) is 0 Å². The van der Waals surface area contributed by atoms with Crippen LogP contribution in [0.5, 0.6) is 0 Å². The summed E-state index contributed by atoms with van der Waals surface area (Å²) in [6, 6.07) is -0.162. The predicted molar refractivity (Wildman–Crippen MR) is 62.2 cm³/mol. The zero-order valence-corrected chi connectivity index (χ0v) is 10.5. The minimum atomic E-state index is -0.840. The molecule has 2 unspecified atom stereocenters. The van der Waals surface area contributed by atoms with Crippen molar-refractivity contribution in [3.8, 4) is 0 Å². The molecule has 94 valence electrons. The molecule has 0 radical (unpaired) electrons. The number of carboxylic acid groups (broad SMARTS) is 1. The van der Waals surface area contributed by atoms with Gasteiger partial charge < -0.3 is 10.4 Å². The maximum atomic E-state index is 11.4. The summed E-state index contributed by atoms with van der Waals surface area (Å²) in [6.45, 7) is 6.34. The lowest BCUT2D eigenvalue weighted by Gasteiger charge is -2.26. The van der Waals surface area contributed by atoms with Crippen molar-refractivity contribution < 1.29 is 14.7 Å². The van der Waals surface area contributed by atoms with Gasteiger partial charge in [-0.05, 0) is 20.4 Å². The fraction of sp³-hybridized carbons (Fsp3) is 0.818. The number of likely N-dealkylation sites (N-methyl/N-ethyl adjacent to an activating group) is 1. The average Bonchev–Trinajstić information content (AvgIpc) is 2.23. The normalized spacial score (nSPS) is 14.6. The van der Waals surface area contributed by atoms with E-state index in [0.29, 0.717) is 6.54 Å². The summed E-state index contributed by atoms with van der Waals surface area (Å²) in [5, 5.41) is 11.6. The molecular formula is C11H22N2O3. The molecule has 0 aliphatic carbocycles. The lowest BCUT2D eigenvalue weighted by Crippen LogP contribution is -2.43. The van der Waals surface area contributed by atoms with Gasteiger partial charge in [-0.3, -0.25) is 14.5 Å². The number of aliphatic carboxylic acids is 1. The predicted octanol–water partition coefficient (Wildman–Crippen LogP) is 0.554. The zero-order valence-electron chi connectivity index (χ0n) is 10.5. The minimum Gasteiger partial charge on any atom is -0.481 e. The summed E-state index contributed by atoms with van der Waals surface area (Å²) in [6.07, 6.45) is 0.899. The molecule has 0 aliphatic rings. The van der Waals surface area contributed by atoms with Gasteiger partial charge in [0.05, 0.1) is 12.5 Å². The Hall–Kier alpha value is -1.10. The molecule has 0 spiro atoms. The number of hydrogen-bond donors (Lipinski definition) is 2. The lowest BCUT2D eigenvalue weighted by atomic mass is 10.0. The Kier molecular flexibility index (Phi) is 6.72. The van der Waals surface area contributed by atoms with Crippen LogP contribution in [0, 0.1) is 5.92 Å². The van der Waals surface area contributed by atoms with E-state index in [1.807, 2.05) is 13.8 Å². The fourth-order valence-electron chi connectivity index (χ4n) is 1.28. The van der Waals surface area contributed by atoms with Crippen LogP contribution in [0.2, 0.25) is 0 Å². The van der Waals surface area contributed by atoms with Crippen molar-refractivity contribution in [3.63, 3.8) is 0 Å². The molecule has 0 saturated heterocycles. The van der Waals surface area contributed by atoms with Gasteiger partial charge in [0.2, 0.25) is 5.91 Å². The Morgan fingerprint density at radius 1 is 1.38 bits per heavy atom. The summed E-state index contributed by atoms with van der Waals surface area (Å²) in [5.74, 6) is -1.38. The summed E-state index contributed by atoms with van der Waals surface area (Å²) < 4.78 is 0. The van der Waals surface area contributed by atoms with Crippen LogP contribution in [0.3, 0.4) is 0 Å². The van der Waals surface area contributed by atoms with E-state index in [9.17, 15) is 9.59 Å². The molecule has 0 bridgehead atoms. The molecule has 5 heteroatoms. The van der Waals surface area contributed by atoms with E-state index < -0.39 is 11.9 Å². The number of carboxylic acids is 1. The highest BCUT2D eigenvalue weighted by atomic mass is 16.4. The average molecular weight is 230 g/mol. The van der Waals surface area contributed by atoms with Gasteiger partial charge in [-0.1, -0.05) is 13.8 Å². The second-order valence-corrected chi connectivity index (χ2v) is 4.13. The number of carbonyl (C=O) groups excluding carboxylic acids is 1. The van der Waals surface area contributed by atoms with Gasteiger partial charge in [0.25, 0.3) is 0 Å². The number of carbonyl (C=O) groups is 2. The van der Waals surface area contributed by atoms with E-state index in [1.54, 1.807) is 18.9 Å². The standard InChI is InChI=1S/C11H22N2O3/c1-5-6-12-10(14)7-13(4)9(3)8(2)11(15)16/h8-9H,5-7H2,1-4H3,(H,12,14)(H,15,16). The van der Waals surface area contributed by atoms with E-state index >= 15 is 0 Å². The van der Waals surface area contributed by atoms with E-state index in [1.165, 1.54) is 0 Å². The molecule has 0 aromatic rings. The van der Waals surface area contributed by atoms with Crippen LogP contribution >= 0.6 is 0 Å². The van der Waals surface area contributed by atoms with Crippen molar-refractivity contribution >= 4 is 11.9 Å². The van der Waals surface area contributed by atoms with Gasteiger partial charge in [0, 0.05) is 12.6 Å². The molecule has 0 rings (SSSR count). The first-order valence-corrected chi connectivity index (χ1v) is 5.59. The summed E-state index contributed by atoms with van der Waals surface area (Å²) >= 11 is 0. The third-order valence-corrected chi connectivity index (χ3v) is 2.77. The molecule has 16 heavy (non-hydrogen) atoms. The van der Waals surface area contributed by atoms with Crippen LogP contribution in [0.1, 0.15) is 27.2 Å². The van der Waals surface area contributed by atoms with Gasteiger partial charge in [-0.15, -0.1) is 0 Å². The van der Waals surface area contributed by atoms with Crippen molar-refractivity contribution in [2.75, 3.05) is 20.1 Å². The molecule has 2 N–H and O–H groups in total. The SMILES string of the molecule is CCCNC(=O)CN(C)C(C)C(C)C(=O)O. The molecule has 1 amide bonds. The molecule has 0 aliphatic heterocycles. The van der Waals surface area contributed by atoms with Crippen molar-refractivity contribution in [3.05, 3.63) is 0 Å². The highest BCUT2D eigenvalue weighted by molar-refractivity contribution is 5.78. The van der Waals surface area contributed by atoms with E-state index in [0.717, 1.165) is 6.42 Å². The number of nitrogens with zero attached hydrogens (tertiary/aromatic N) is 1. The number of rotatable bonds is 7. The third kappa shape index (κ3) is 5.11. The van der Waals surface area contributed by atoms with E-state index in [-0.39, 0.29) is 18.5 Å². The monoisotopic (exact) mass is 230 g/mol. The molecular weight excluding hydrogens is 208 g/mol. The van der Waals surface area contributed by atoms with Gasteiger partial charge in [0.1, 0.15) is 0 Å². The highest BCUT2D eigenvalue weighted by Crippen LogP contribution is 2.08. The molecule has 0 saturated carbocycles. The van der Waals surface area contributed by atoms with Crippen LogP contribution in [0.15, 0.2) is 0 Å². The number of hydrogen-bond acceptors (Lipinski definition) is 3. The van der Waals surface area contributed by atoms with Crippen LogP contribution in [0.4, 0.5) is 0 Å². The fourth-order valence-corrected chi connectivity index (χ4v) is 1.28. The second kappa shape index (κ2) is 7.22. The van der Waals surface area contributed by atoms with Crippen molar-refractivity contribution in [1.82, 2.24) is 10.2 Å². The Labute approximate surface area is 96.8 Å². The Morgan fingerprint density at radius 2 is 1.94 bits per heavy atom. The van der Waals surface area contributed by atoms with Gasteiger partial charge in [-0.25, -0.2) is 0 Å². The summed E-state index contributed by atoms with van der Waals surface area (Å²) in [7, 11) is 1.76. The first-order valence-electron chi connectivity index (χ1n) is 5.59. The van der Waals surface area contributed by atoms with Crippen molar-refractivity contribution in [1.29, 1.82) is 0 Å². The van der Waals surface area contributed by atoms with E-state index in [4.69, 9.17) is 5.11 Å². The first kappa shape index (κ1) is 14.9. The maximum absolute atomic E-state index is 11.4. The highest BCUT2D eigenvalue weighted by Gasteiger charge is 2.23. The summed E-state index contributed by atoms with van der Waals surface area (Å²) in [4.78, 5) is 23.9. The topological polar surface area (TPSA) is 69.6 Å². The number of nitrogens with one attached hydrogen (secondary N) is 1. The van der Waals surface area contributed by atoms with Gasteiger partial charge in [0.15, 0.2) is 0 Å². The molecule has 0 aromatic carbocycles. The Bertz CT molecular complexity index is 243. The van der Waals surface area contributed by atoms with Crippen LogP contribution in [-0.4, -0.2) is 48.1 Å². The molecule has 0 aromatic heterocycles. The van der Waals surface area contributed by atoms with Crippen LogP contribution in [-0.2, 0) is 9.59 Å². The molecule has 0 heterocycles. The molecule has 2 atom stereocenters. The van der Waals surface area contributed by atoms with Crippen molar-refractivity contribution in [2.24, 2.45) is 5.92 Å². The molecule has 0 fully saturated rings. The quantitative estimate of drug-likeness (QED) is 0.670. The minimum absolute atomic E-state index is 0.0613. The van der Waals surface area contributed by atoms with Gasteiger partial charge in [-0.2, -0.15) is 0 Å². The van der Waals surface area contributed by atoms with Gasteiger partial charge >= 0.3 is 5.97 Å². The number of amides is 1. The Morgan fingerprint density at radius 3 is 2.38 bits per heavy atom. The lowest BCUT2D eigenvalue weighted by molar-refractivity contribution is -0.143.